The Bertz CT molecular complexity index is 156. The third-order valence-corrected chi connectivity index (χ3v) is 2.79. The van der Waals surface area contributed by atoms with Gasteiger partial charge in [-0.1, -0.05) is 32.6 Å². The molecule has 14 heavy (non-hydrogen) atoms. The highest BCUT2D eigenvalue weighted by Gasteiger charge is 2.27. The minimum Gasteiger partial charge on any atom is -0.370 e. The molecule has 0 aromatic heterocycles. The predicted molar refractivity (Wildman–Crippen MR) is 60.6 cm³/mol. The molecule has 1 saturated heterocycles. The summed E-state index contributed by atoms with van der Waals surface area (Å²) in [6.07, 6.45) is 7.01. The van der Waals surface area contributed by atoms with Crippen LogP contribution in [-0.2, 0) is 4.74 Å². The molecule has 0 bridgehead atoms. The number of morpholine rings is 1. The van der Waals surface area contributed by atoms with Crippen LogP contribution < -0.4 is 5.32 Å². The first kappa shape index (κ1) is 12.0. The molecule has 2 heteroatoms. The van der Waals surface area contributed by atoms with Gasteiger partial charge in [0.05, 0.1) is 11.7 Å². The highest BCUT2D eigenvalue weighted by Crippen LogP contribution is 2.19. The van der Waals surface area contributed by atoms with Gasteiger partial charge in [-0.2, -0.15) is 0 Å². The Labute approximate surface area is 88.4 Å². The fraction of sp³-hybridized carbons (Fsp3) is 1.00. The molecule has 1 aliphatic rings. The summed E-state index contributed by atoms with van der Waals surface area (Å²) in [5.41, 5.74) is 0.0354. The van der Waals surface area contributed by atoms with Gasteiger partial charge in [0.2, 0.25) is 0 Å². The van der Waals surface area contributed by atoms with E-state index in [1.54, 1.807) is 0 Å². The quantitative estimate of drug-likeness (QED) is 0.687. The van der Waals surface area contributed by atoms with Gasteiger partial charge in [-0.3, -0.25) is 0 Å². The van der Waals surface area contributed by atoms with Crippen LogP contribution in [0.25, 0.3) is 0 Å². The first-order valence-corrected chi connectivity index (χ1v) is 6.02. The zero-order valence-electron chi connectivity index (χ0n) is 9.94. The number of nitrogens with one attached hydrogen (secondary N) is 1. The van der Waals surface area contributed by atoms with Crippen molar-refractivity contribution in [3.05, 3.63) is 0 Å². The summed E-state index contributed by atoms with van der Waals surface area (Å²) >= 11 is 0. The van der Waals surface area contributed by atoms with Crippen molar-refractivity contribution in [2.24, 2.45) is 0 Å². The maximum Gasteiger partial charge on any atom is 0.0754 e. The van der Waals surface area contributed by atoms with Gasteiger partial charge >= 0.3 is 0 Å². The van der Waals surface area contributed by atoms with Crippen LogP contribution in [0, 0.1) is 0 Å². The van der Waals surface area contributed by atoms with Crippen LogP contribution in [0.3, 0.4) is 0 Å². The second-order valence-electron chi connectivity index (χ2n) is 4.98. The van der Waals surface area contributed by atoms with Crippen LogP contribution in [-0.4, -0.2) is 24.8 Å². The number of hydrogen-bond donors (Lipinski definition) is 1. The average Bonchev–Trinajstić information content (AvgIpc) is 2.11. The van der Waals surface area contributed by atoms with Gasteiger partial charge in [0.1, 0.15) is 0 Å². The minimum absolute atomic E-state index is 0.0354. The topological polar surface area (TPSA) is 21.3 Å². The van der Waals surface area contributed by atoms with Gasteiger partial charge in [-0.25, -0.2) is 0 Å². The van der Waals surface area contributed by atoms with Crippen molar-refractivity contribution in [3.8, 4) is 0 Å². The van der Waals surface area contributed by atoms with Crippen LogP contribution in [0.15, 0.2) is 0 Å². The number of unbranched alkanes of at least 4 members (excludes halogenated alkanes) is 3. The van der Waals surface area contributed by atoms with Gasteiger partial charge in [0.25, 0.3) is 0 Å². The number of ether oxygens (including phenoxy) is 1. The van der Waals surface area contributed by atoms with E-state index in [1.807, 2.05) is 0 Å². The third-order valence-electron chi connectivity index (χ3n) is 2.79. The van der Waals surface area contributed by atoms with E-state index >= 15 is 0 Å². The van der Waals surface area contributed by atoms with Gasteiger partial charge < -0.3 is 10.1 Å². The van der Waals surface area contributed by atoms with Crippen LogP contribution in [0.2, 0.25) is 0 Å². The van der Waals surface area contributed by atoms with Crippen molar-refractivity contribution in [1.82, 2.24) is 5.32 Å². The molecule has 0 saturated carbocycles. The molecule has 1 fully saturated rings. The van der Waals surface area contributed by atoms with E-state index < -0.39 is 0 Å². The Morgan fingerprint density at radius 3 is 2.71 bits per heavy atom. The van der Waals surface area contributed by atoms with Crippen molar-refractivity contribution in [2.45, 2.75) is 64.6 Å². The molecule has 0 aromatic rings. The molecule has 1 N–H and O–H groups in total. The summed E-state index contributed by atoms with van der Waals surface area (Å²) < 4.78 is 5.99. The molecule has 0 aliphatic carbocycles. The smallest absolute Gasteiger partial charge is 0.0754 e. The fourth-order valence-corrected chi connectivity index (χ4v) is 2.03. The molecule has 84 valence electrons. The molecule has 0 radical (unpaired) electrons. The molecule has 1 heterocycles. The number of rotatable bonds is 5. The Balaban J connectivity index is 2.12. The number of hydrogen-bond acceptors (Lipinski definition) is 2. The lowest BCUT2D eigenvalue weighted by molar-refractivity contribution is -0.0967. The molecule has 1 aliphatic heterocycles. The van der Waals surface area contributed by atoms with Crippen molar-refractivity contribution < 1.29 is 4.74 Å². The summed E-state index contributed by atoms with van der Waals surface area (Å²) in [5, 5.41) is 3.44. The van der Waals surface area contributed by atoms with Crippen LogP contribution >= 0.6 is 0 Å². The van der Waals surface area contributed by atoms with Gasteiger partial charge in [0.15, 0.2) is 0 Å². The highest BCUT2D eigenvalue weighted by molar-refractivity contribution is 4.81. The molecular formula is C12H25NO. The SMILES string of the molecule is CCCCCCC1CNCC(C)(C)O1. The monoisotopic (exact) mass is 199 g/mol. The summed E-state index contributed by atoms with van der Waals surface area (Å²) in [6, 6.07) is 0. The molecule has 0 spiro atoms. The van der Waals surface area contributed by atoms with Crippen molar-refractivity contribution in [3.63, 3.8) is 0 Å². The Hall–Kier alpha value is -0.0800. The summed E-state index contributed by atoms with van der Waals surface area (Å²) in [4.78, 5) is 0. The van der Waals surface area contributed by atoms with Crippen molar-refractivity contribution >= 4 is 0 Å². The minimum atomic E-state index is 0.0354. The van der Waals surface area contributed by atoms with E-state index in [4.69, 9.17) is 4.74 Å². The summed E-state index contributed by atoms with van der Waals surface area (Å²) in [7, 11) is 0. The van der Waals surface area contributed by atoms with E-state index in [0.717, 1.165) is 13.1 Å². The van der Waals surface area contributed by atoms with E-state index in [1.165, 1.54) is 32.1 Å². The van der Waals surface area contributed by atoms with E-state index in [2.05, 4.69) is 26.1 Å². The van der Waals surface area contributed by atoms with Crippen molar-refractivity contribution in [1.29, 1.82) is 0 Å². The Morgan fingerprint density at radius 2 is 2.07 bits per heavy atom. The lowest BCUT2D eigenvalue weighted by Crippen LogP contribution is -2.50. The molecule has 2 nitrogen and oxygen atoms in total. The molecule has 1 unspecified atom stereocenters. The first-order chi connectivity index (χ1) is 6.64. The second-order valence-corrected chi connectivity index (χ2v) is 4.98. The van der Waals surface area contributed by atoms with E-state index in [-0.39, 0.29) is 5.60 Å². The maximum absolute atomic E-state index is 5.99. The predicted octanol–water partition coefficient (Wildman–Crippen LogP) is 2.72. The van der Waals surface area contributed by atoms with Crippen LogP contribution in [0.4, 0.5) is 0 Å². The lowest BCUT2D eigenvalue weighted by Gasteiger charge is -2.36. The summed E-state index contributed by atoms with van der Waals surface area (Å²) in [5.74, 6) is 0. The molecule has 0 aromatic carbocycles. The van der Waals surface area contributed by atoms with Gasteiger partial charge in [-0.15, -0.1) is 0 Å². The fourth-order valence-electron chi connectivity index (χ4n) is 2.03. The molecule has 1 rings (SSSR count). The standard InChI is InChI=1S/C12H25NO/c1-4-5-6-7-8-11-9-13-10-12(2,3)14-11/h11,13H,4-10H2,1-3H3. The second kappa shape index (κ2) is 5.72. The van der Waals surface area contributed by atoms with E-state index in [9.17, 15) is 0 Å². The van der Waals surface area contributed by atoms with Gasteiger partial charge in [0, 0.05) is 13.1 Å². The van der Waals surface area contributed by atoms with E-state index in [0.29, 0.717) is 6.10 Å². The molecular weight excluding hydrogens is 174 g/mol. The largest absolute Gasteiger partial charge is 0.370 e. The average molecular weight is 199 g/mol. The third kappa shape index (κ3) is 4.43. The zero-order valence-corrected chi connectivity index (χ0v) is 9.94. The first-order valence-electron chi connectivity index (χ1n) is 6.02. The highest BCUT2D eigenvalue weighted by atomic mass is 16.5. The van der Waals surface area contributed by atoms with Gasteiger partial charge in [-0.05, 0) is 20.3 Å². The maximum atomic E-state index is 5.99. The normalized spacial score (nSPS) is 26.4. The zero-order chi connectivity index (χ0) is 10.4. The Kier molecular flexibility index (Phi) is 4.90. The van der Waals surface area contributed by atoms with Crippen LogP contribution in [0.5, 0.6) is 0 Å². The Morgan fingerprint density at radius 1 is 1.29 bits per heavy atom. The summed E-state index contributed by atoms with van der Waals surface area (Å²) in [6.45, 7) is 8.60. The molecule has 0 amide bonds. The van der Waals surface area contributed by atoms with Crippen molar-refractivity contribution in [2.75, 3.05) is 13.1 Å². The lowest BCUT2D eigenvalue weighted by atomic mass is 10.0. The van der Waals surface area contributed by atoms with Crippen LogP contribution in [0.1, 0.15) is 52.9 Å². The molecule has 1 atom stereocenters.